The van der Waals surface area contributed by atoms with E-state index < -0.39 is 19.0 Å². The Morgan fingerprint density at radius 1 is 1.62 bits per heavy atom. The summed E-state index contributed by atoms with van der Waals surface area (Å²) in [5, 5.41) is 10.7. The van der Waals surface area contributed by atoms with Crippen molar-refractivity contribution in [3.05, 3.63) is 12.3 Å². The van der Waals surface area contributed by atoms with Crippen molar-refractivity contribution in [1.29, 1.82) is 0 Å². The van der Waals surface area contributed by atoms with Gasteiger partial charge in [-0.05, 0) is 0 Å². The van der Waals surface area contributed by atoms with E-state index in [0.717, 1.165) is 6.08 Å². The molecule has 0 atom stereocenters. The van der Waals surface area contributed by atoms with Gasteiger partial charge in [0.05, 0.1) is 6.61 Å². The number of carboxylic acids is 1. The van der Waals surface area contributed by atoms with Crippen LogP contribution in [0.15, 0.2) is 12.3 Å². The van der Waals surface area contributed by atoms with Crippen LogP contribution in [0.1, 0.15) is 0 Å². The molecule has 0 aliphatic carbocycles. The smallest absolute Gasteiger partial charge is 0.329 e. The molecular formula is C7H11F2NO3. The highest BCUT2D eigenvalue weighted by Gasteiger charge is 1.99. The van der Waals surface area contributed by atoms with Crippen LogP contribution < -0.4 is 5.32 Å². The van der Waals surface area contributed by atoms with E-state index in [0.29, 0.717) is 6.54 Å². The molecule has 0 bridgehead atoms. The molecule has 76 valence electrons. The third-order valence-electron chi connectivity index (χ3n) is 0.978. The number of carboxylic acid groups (broad SMARTS) is 1. The predicted octanol–water partition coefficient (Wildman–Crippen LogP) is 0.456. The molecule has 0 rings (SSSR count). The van der Waals surface area contributed by atoms with E-state index in [1.165, 1.54) is 6.20 Å². The van der Waals surface area contributed by atoms with Crippen LogP contribution in [0, 0.1) is 0 Å². The van der Waals surface area contributed by atoms with Gasteiger partial charge in [0.2, 0.25) is 0 Å². The number of nitrogens with one attached hydrogen (secondary N) is 1. The first-order valence-electron chi connectivity index (χ1n) is 3.61. The van der Waals surface area contributed by atoms with Crippen LogP contribution in [0.5, 0.6) is 0 Å². The molecule has 0 radical (unpaired) electrons. The normalized spacial score (nSPS) is 11.0. The minimum Gasteiger partial charge on any atom is -0.478 e. The molecule has 4 nitrogen and oxygen atoms in total. The lowest BCUT2D eigenvalue weighted by atomic mass is 10.6. The Hall–Kier alpha value is -1.17. The maximum atomic E-state index is 11.5. The lowest BCUT2D eigenvalue weighted by Gasteiger charge is -2.02. The quantitative estimate of drug-likeness (QED) is 0.457. The monoisotopic (exact) mass is 195 g/mol. The average Bonchev–Trinajstić information content (AvgIpc) is 2.01. The molecule has 0 saturated carbocycles. The zero-order valence-corrected chi connectivity index (χ0v) is 6.87. The van der Waals surface area contributed by atoms with Gasteiger partial charge in [-0.1, -0.05) is 0 Å². The topological polar surface area (TPSA) is 58.6 Å². The van der Waals surface area contributed by atoms with Crippen LogP contribution in [0.25, 0.3) is 0 Å². The summed E-state index contributed by atoms with van der Waals surface area (Å²) in [6.45, 7) is -0.172. The summed E-state index contributed by atoms with van der Waals surface area (Å²) in [5.41, 5.74) is 0. The number of ether oxygens (including phenoxy) is 1. The number of hydrogen-bond acceptors (Lipinski definition) is 3. The lowest BCUT2D eigenvalue weighted by Crippen LogP contribution is -2.16. The number of hydrogen-bond donors (Lipinski definition) is 2. The van der Waals surface area contributed by atoms with Gasteiger partial charge in [0.1, 0.15) is 6.61 Å². The number of alkyl halides is 2. The van der Waals surface area contributed by atoms with Crippen molar-refractivity contribution in [3.8, 4) is 0 Å². The van der Waals surface area contributed by atoms with Crippen LogP contribution in [-0.2, 0) is 9.53 Å². The van der Waals surface area contributed by atoms with Crippen molar-refractivity contribution in [1.82, 2.24) is 5.32 Å². The highest BCUT2D eigenvalue weighted by Crippen LogP contribution is 1.91. The van der Waals surface area contributed by atoms with Crippen LogP contribution in [0.4, 0.5) is 8.78 Å². The number of carbonyl (C=O) groups is 1. The summed E-state index contributed by atoms with van der Waals surface area (Å²) in [5.74, 6) is -1.07. The Bertz CT molecular complexity index is 173. The zero-order valence-electron chi connectivity index (χ0n) is 6.87. The highest BCUT2D eigenvalue weighted by atomic mass is 19.3. The molecule has 13 heavy (non-hydrogen) atoms. The molecule has 0 aromatic heterocycles. The van der Waals surface area contributed by atoms with Crippen LogP contribution >= 0.6 is 0 Å². The van der Waals surface area contributed by atoms with Crippen LogP contribution in [-0.4, -0.2) is 37.3 Å². The Kier molecular flexibility index (Phi) is 6.80. The number of aliphatic carboxylic acids is 1. The van der Waals surface area contributed by atoms with Gasteiger partial charge in [-0.15, -0.1) is 0 Å². The second-order valence-corrected chi connectivity index (χ2v) is 2.09. The largest absolute Gasteiger partial charge is 0.478 e. The fraction of sp³-hybridized carbons (Fsp3) is 0.571. The van der Waals surface area contributed by atoms with Gasteiger partial charge in [-0.25, -0.2) is 13.6 Å². The SMILES string of the molecule is O=C(O)/C=C/NCCOCC(F)F. The number of halogens is 2. The van der Waals surface area contributed by atoms with Crippen LogP contribution in [0.2, 0.25) is 0 Å². The van der Waals surface area contributed by atoms with Crippen LogP contribution in [0.3, 0.4) is 0 Å². The van der Waals surface area contributed by atoms with E-state index in [4.69, 9.17) is 5.11 Å². The average molecular weight is 195 g/mol. The Morgan fingerprint density at radius 2 is 2.31 bits per heavy atom. The second kappa shape index (κ2) is 7.48. The fourth-order valence-corrected chi connectivity index (χ4v) is 0.517. The Balaban J connectivity index is 3.13. The first-order valence-corrected chi connectivity index (χ1v) is 3.61. The Labute approximate surface area is 74.2 Å². The summed E-state index contributed by atoms with van der Waals surface area (Å²) in [7, 11) is 0. The molecule has 0 unspecified atom stereocenters. The molecule has 0 aromatic carbocycles. The van der Waals surface area contributed by atoms with Gasteiger partial charge in [-0.3, -0.25) is 0 Å². The van der Waals surface area contributed by atoms with E-state index in [2.05, 4.69) is 10.1 Å². The van der Waals surface area contributed by atoms with Gasteiger partial charge in [0.25, 0.3) is 6.43 Å². The van der Waals surface area contributed by atoms with Crippen molar-refractivity contribution in [2.24, 2.45) is 0 Å². The summed E-state index contributed by atoms with van der Waals surface area (Å²) < 4.78 is 27.5. The minimum absolute atomic E-state index is 0.119. The molecule has 6 heteroatoms. The summed E-state index contributed by atoms with van der Waals surface area (Å²) in [6.07, 6.45) is -0.337. The maximum absolute atomic E-state index is 11.5. The van der Waals surface area contributed by atoms with E-state index in [-0.39, 0.29) is 6.61 Å². The van der Waals surface area contributed by atoms with Gasteiger partial charge >= 0.3 is 5.97 Å². The van der Waals surface area contributed by atoms with E-state index >= 15 is 0 Å². The van der Waals surface area contributed by atoms with Gasteiger partial charge in [-0.2, -0.15) is 0 Å². The third kappa shape index (κ3) is 10.8. The molecule has 0 amide bonds. The first kappa shape index (κ1) is 11.8. The molecular weight excluding hydrogens is 184 g/mol. The maximum Gasteiger partial charge on any atom is 0.329 e. The molecule has 2 N–H and O–H groups in total. The molecule has 0 saturated heterocycles. The Morgan fingerprint density at radius 3 is 2.85 bits per heavy atom. The standard InChI is InChI=1S/C7H11F2NO3/c8-6(9)5-13-4-3-10-2-1-7(11)12/h1-2,6,10H,3-5H2,(H,11,12)/b2-1+. The molecule has 0 fully saturated rings. The fourth-order valence-electron chi connectivity index (χ4n) is 0.517. The molecule has 0 aromatic rings. The lowest BCUT2D eigenvalue weighted by molar-refractivity contribution is -0.131. The van der Waals surface area contributed by atoms with Crippen molar-refractivity contribution in [3.63, 3.8) is 0 Å². The van der Waals surface area contributed by atoms with Gasteiger partial charge < -0.3 is 15.2 Å². The third-order valence-corrected chi connectivity index (χ3v) is 0.978. The van der Waals surface area contributed by atoms with Crippen molar-refractivity contribution < 1.29 is 23.4 Å². The van der Waals surface area contributed by atoms with Gasteiger partial charge in [0.15, 0.2) is 0 Å². The first-order chi connectivity index (χ1) is 6.13. The molecule has 0 heterocycles. The summed E-state index contributed by atoms with van der Waals surface area (Å²) in [4.78, 5) is 9.92. The molecule has 0 spiro atoms. The minimum atomic E-state index is -2.46. The van der Waals surface area contributed by atoms with E-state index in [1.54, 1.807) is 0 Å². The van der Waals surface area contributed by atoms with E-state index in [1.807, 2.05) is 0 Å². The van der Waals surface area contributed by atoms with Crippen molar-refractivity contribution >= 4 is 5.97 Å². The van der Waals surface area contributed by atoms with Crippen molar-refractivity contribution in [2.75, 3.05) is 19.8 Å². The van der Waals surface area contributed by atoms with E-state index in [9.17, 15) is 13.6 Å². The predicted molar refractivity (Wildman–Crippen MR) is 41.6 cm³/mol. The number of rotatable bonds is 7. The summed E-state index contributed by atoms with van der Waals surface area (Å²) >= 11 is 0. The highest BCUT2D eigenvalue weighted by molar-refractivity contribution is 5.79. The zero-order chi connectivity index (χ0) is 10.1. The second-order valence-electron chi connectivity index (χ2n) is 2.09. The molecule has 0 aliphatic heterocycles. The van der Waals surface area contributed by atoms with Crippen molar-refractivity contribution in [2.45, 2.75) is 6.43 Å². The van der Waals surface area contributed by atoms with Gasteiger partial charge in [0, 0.05) is 18.8 Å². The summed E-state index contributed by atoms with van der Waals surface area (Å²) in [6, 6.07) is 0. The molecule has 0 aliphatic rings.